The van der Waals surface area contributed by atoms with Gasteiger partial charge in [-0.25, -0.2) is 23.5 Å². The van der Waals surface area contributed by atoms with E-state index in [1.54, 1.807) is 0 Å². The standard InChI is InChI=1S/C20H18ClF2N3O5S/c21-18-11(2-1-5-25-32(29)30)8-13(22)19(23)17(18)20(28)12-3-4-14-15(9-12)26-16(10-24-14)31-7-6-27/h3-4,8-10,25,27H,1-2,5-7H2,(H,29,30)/p-1. The second-order valence-electron chi connectivity index (χ2n) is 6.57. The third-order valence-corrected chi connectivity index (χ3v) is 5.30. The first-order chi connectivity index (χ1) is 15.3. The van der Waals surface area contributed by atoms with Crippen LogP contribution in [0.15, 0.2) is 30.5 Å². The van der Waals surface area contributed by atoms with E-state index in [9.17, 15) is 22.3 Å². The molecule has 1 unspecified atom stereocenters. The molecule has 1 heterocycles. The number of nitrogens with one attached hydrogen (secondary N) is 1. The lowest BCUT2D eigenvalue weighted by atomic mass is 9.98. The summed E-state index contributed by atoms with van der Waals surface area (Å²) in [6.07, 6.45) is 1.73. The van der Waals surface area contributed by atoms with Crippen LogP contribution in [0.25, 0.3) is 11.0 Å². The number of aromatic nitrogens is 2. The second kappa shape index (κ2) is 10.8. The van der Waals surface area contributed by atoms with Gasteiger partial charge in [0.25, 0.3) is 0 Å². The molecule has 12 heteroatoms. The summed E-state index contributed by atoms with van der Waals surface area (Å²) in [5.41, 5.74) is 0.269. The topological polar surface area (TPSA) is 124 Å². The minimum absolute atomic E-state index is 0.00590. The molecule has 170 valence electrons. The van der Waals surface area contributed by atoms with Crippen LogP contribution >= 0.6 is 11.6 Å². The molecule has 0 aliphatic heterocycles. The highest BCUT2D eigenvalue weighted by Crippen LogP contribution is 2.30. The summed E-state index contributed by atoms with van der Waals surface area (Å²) in [4.78, 5) is 21.3. The molecule has 2 aromatic carbocycles. The Kier molecular flexibility index (Phi) is 8.15. The molecule has 32 heavy (non-hydrogen) atoms. The highest BCUT2D eigenvalue weighted by Gasteiger charge is 2.24. The maximum atomic E-state index is 14.5. The van der Waals surface area contributed by atoms with Crippen LogP contribution in [-0.4, -0.2) is 49.4 Å². The smallest absolute Gasteiger partial charge is 0.232 e. The largest absolute Gasteiger partial charge is 0.760 e. The van der Waals surface area contributed by atoms with E-state index >= 15 is 0 Å². The molecule has 0 radical (unpaired) electrons. The van der Waals surface area contributed by atoms with E-state index in [-0.39, 0.29) is 60.1 Å². The number of hydrogen-bond acceptors (Lipinski definition) is 7. The van der Waals surface area contributed by atoms with Crippen molar-refractivity contribution in [1.29, 1.82) is 0 Å². The van der Waals surface area contributed by atoms with Crippen molar-refractivity contribution in [2.24, 2.45) is 0 Å². The lowest BCUT2D eigenvalue weighted by Crippen LogP contribution is -2.18. The predicted molar refractivity (Wildman–Crippen MR) is 112 cm³/mol. The van der Waals surface area contributed by atoms with Gasteiger partial charge in [-0.15, -0.1) is 0 Å². The van der Waals surface area contributed by atoms with Crippen molar-refractivity contribution in [3.63, 3.8) is 0 Å². The van der Waals surface area contributed by atoms with Gasteiger partial charge in [-0.05, 0) is 42.7 Å². The number of aliphatic hydroxyl groups excluding tert-OH is 1. The van der Waals surface area contributed by atoms with Gasteiger partial charge >= 0.3 is 0 Å². The highest BCUT2D eigenvalue weighted by molar-refractivity contribution is 7.77. The fraction of sp³-hybridized carbons (Fsp3) is 0.250. The number of carbonyl (C=O) groups is 1. The summed E-state index contributed by atoms with van der Waals surface area (Å²) >= 11 is 3.79. The van der Waals surface area contributed by atoms with Gasteiger partial charge in [0.1, 0.15) is 6.61 Å². The molecule has 0 saturated carbocycles. The molecule has 0 amide bonds. The molecule has 0 fully saturated rings. The maximum absolute atomic E-state index is 14.5. The third kappa shape index (κ3) is 5.61. The van der Waals surface area contributed by atoms with Crippen LogP contribution in [0.3, 0.4) is 0 Å². The monoisotopic (exact) mass is 484 g/mol. The molecule has 0 saturated heterocycles. The summed E-state index contributed by atoms with van der Waals surface area (Å²) in [5, 5.41) is 8.60. The number of aliphatic hydroxyl groups is 1. The summed E-state index contributed by atoms with van der Waals surface area (Å²) < 4.78 is 57.1. The number of carbonyl (C=O) groups excluding carboxylic acids is 1. The summed E-state index contributed by atoms with van der Waals surface area (Å²) in [6.45, 7) is -0.145. The first-order valence-electron chi connectivity index (χ1n) is 9.36. The zero-order valence-corrected chi connectivity index (χ0v) is 18.0. The molecule has 0 spiro atoms. The first kappa shape index (κ1) is 24.1. The third-order valence-electron chi connectivity index (χ3n) is 4.42. The number of fused-ring (bicyclic) bond motifs is 1. The Morgan fingerprint density at radius 3 is 2.78 bits per heavy atom. The van der Waals surface area contributed by atoms with Gasteiger partial charge in [0.05, 0.1) is 34.4 Å². The van der Waals surface area contributed by atoms with E-state index in [2.05, 4.69) is 14.7 Å². The predicted octanol–water partition coefficient (Wildman–Crippen LogP) is 2.48. The average Bonchev–Trinajstić information content (AvgIpc) is 2.77. The Bertz CT molecular complexity index is 1180. The van der Waals surface area contributed by atoms with E-state index in [4.69, 9.17) is 21.4 Å². The molecular weight excluding hydrogens is 468 g/mol. The Balaban J connectivity index is 1.93. The van der Waals surface area contributed by atoms with Gasteiger partial charge in [-0.1, -0.05) is 11.6 Å². The van der Waals surface area contributed by atoms with Crippen molar-refractivity contribution in [3.8, 4) is 5.88 Å². The number of ketones is 1. The van der Waals surface area contributed by atoms with Gasteiger partial charge in [-0.2, -0.15) is 0 Å². The minimum Gasteiger partial charge on any atom is -0.760 e. The van der Waals surface area contributed by atoms with E-state index < -0.39 is 34.2 Å². The SMILES string of the molecule is O=C(c1ccc2ncc(OCCO)nc2c1)c1c(F)c(F)cc(CCCNS(=O)[O-])c1Cl. The summed E-state index contributed by atoms with van der Waals surface area (Å²) in [5.74, 6) is -3.35. The van der Waals surface area contributed by atoms with E-state index in [0.717, 1.165) is 6.07 Å². The fourth-order valence-corrected chi connectivity index (χ4v) is 3.60. The summed E-state index contributed by atoms with van der Waals surface area (Å²) in [7, 11) is 0. The first-order valence-corrected chi connectivity index (χ1v) is 10.8. The molecule has 0 aliphatic rings. The quantitative estimate of drug-likeness (QED) is 0.196. The number of ether oxygens (including phenoxy) is 1. The molecule has 1 atom stereocenters. The van der Waals surface area contributed by atoms with Crippen molar-refractivity contribution in [1.82, 2.24) is 14.7 Å². The van der Waals surface area contributed by atoms with Crippen molar-refractivity contribution >= 4 is 39.7 Å². The Morgan fingerprint density at radius 2 is 2.06 bits per heavy atom. The Labute approximate surface area is 189 Å². The van der Waals surface area contributed by atoms with Crippen LogP contribution in [0.5, 0.6) is 5.88 Å². The molecule has 0 bridgehead atoms. The van der Waals surface area contributed by atoms with Gasteiger partial charge in [0, 0.05) is 23.4 Å². The van der Waals surface area contributed by atoms with E-state index in [0.29, 0.717) is 5.52 Å². The van der Waals surface area contributed by atoms with E-state index in [1.807, 2.05) is 0 Å². The lowest BCUT2D eigenvalue weighted by molar-refractivity contribution is 0.103. The van der Waals surface area contributed by atoms with E-state index in [1.165, 1.54) is 24.4 Å². The van der Waals surface area contributed by atoms with Gasteiger partial charge in [0.2, 0.25) is 5.88 Å². The second-order valence-corrected chi connectivity index (χ2v) is 7.70. The van der Waals surface area contributed by atoms with Gasteiger partial charge < -0.3 is 14.4 Å². The average molecular weight is 485 g/mol. The van der Waals surface area contributed by atoms with Crippen molar-refractivity contribution in [3.05, 3.63) is 63.8 Å². The number of benzene rings is 2. The van der Waals surface area contributed by atoms with Crippen molar-refractivity contribution < 1.29 is 32.2 Å². The number of aryl methyl sites for hydroxylation is 1. The lowest BCUT2D eigenvalue weighted by Gasteiger charge is -2.12. The zero-order valence-electron chi connectivity index (χ0n) is 16.4. The normalized spacial score (nSPS) is 12.2. The van der Waals surface area contributed by atoms with Crippen LogP contribution in [0.1, 0.15) is 27.9 Å². The van der Waals surface area contributed by atoms with Crippen LogP contribution in [0.2, 0.25) is 5.02 Å². The van der Waals surface area contributed by atoms with Crippen molar-refractivity contribution in [2.75, 3.05) is 19.8 Å². The fourth-order valence-electron chi connectivity index (χ4n) is 2.97. The molecular formula is C20H17ClF2N3O5S-. The van der Waals surface area contributed by atoms with Gasteiger partial charge in [0.15, 0.2) is 17.4 Å². The van der Waals surface area contributed by atoms with Crippen LogP contribution in [0.4, 0.5) is 8.78 Å². The number of nitrogens with zero attached hydrogens (tertiary/aromatic N) is 2. The molecule has 3 rings (SSSR count). The Morgan fingerprint density at radius 1 is 1.28 bits per heavy atom. The summed E-state index contributed by atoms with van der Waals surface area (Å²) in [6, 6.07) is 5.12. The molecule has 1 aromatic heterocycles. The minimum atomic E-state index is -2.44. The molecule has 2 N–H and O–H groups in total. The highest BCUT2D eigenvalue weighted by atomic mass is 35.5. The van der Waals surface area contributed by atoms with Crippen LogP contribution < -0.4 is 9.46 Å². The zero-order chi connectivity index (χ0) is 23.3. The molecule has 8 nitrogen and oxygen atoms in total. The van der Waals surface area contributed by atoms with Crippen molar-refractivity contribution in [2.45, 2.75) is 12.8 Å². The van der Waals surface area contributed by atoms with Gasteiger partial charge in [-0.3, -0.25) is 9.00 Å². The number of rotatable bonds is 10. The molecule has 3 aromatic rings. The Hall–Kier alpha value is -2.57. The van der Waals surface area contributed by atoms with Crippen LogP contribution in [-0.2, 0) is 17.7 Å². The number of halogens is 3. The number of hydrogen-bond donors (Lipinski definition) is 2. The molecule has 0 aliphatic carbocycles. The van der Waals surface area contributed by atoms with Crippen LogP contribution in [0, 0.1) is 11.6 Å². The maximum Gasteiger partial charge on any atom is 0.232 e.